The van der Waals surface area contributed by atoms with Gasteiger partial charge >= 0.3 is 0 Å². The van der Waals surface area contributed by atoms with E-state index in [1.165, 1.54) is 263 Å². The Morgan fingerprint density at radius 1 is 0.410 bits per heavy atom. The second-order valence-electron chi connectivity index (χ2n) is 25.3. The molecule has 83 heavy (non-hydrogen) atoms. The molecule has 0 spiro atoms. The molecule has 0 saturated carbocycles. The molecule has 490 valence electrons. The second-order valence-corrected chi connectivity index (χ2v) is 25.3. The van der Waals surface area contributed by atoms with E-state index in [-0.39, 0.29) is 12.8 Å². The average Bonchev–Trinajstić information content (AvgIpc) is 3.65. The van der Waals surface area contributed by atoms with Crippen molar-refractivity contribution >= 4 is 5.91 Å². The molecular formula is C72H137NO10. The molecule has 1 rings (SSSR count). The predicted octanol–water partition coefficient (Wildman–Crippen LogP) is 17.4. The summed E-state index contributed by atoms with van der Waals surface area (Å²) in [6.07, 6.45) is 66.8. The van der Waals surface area contributed by atoms with Crippen molar-refractivity contribution in [3.8, 4) is 0 Å². The largest absolute Gasteiger partial charge is 0.394 e. The number of hydrogen-bond donors (Lipinski definition) is 8. The van der Waals surface area contributed by atoms with Gasteiger partial charge in [-0.05, 0) is 77.0 Å². The summed E-state index contributed by atoms with van der Waals surface area (Å²) < 4.78 is 11.2. The van der Waals surface area contributed by atoms with Crippen molar-refractivity contribution in [1.82, 2.24) is 5.32 Å². The van der Waals surface area contributed by atoms with Crippen LogP contribution in [0.3, 0.4) is 0 Å². The fourth-order valence-electron chi connectivity index (χ4n) is 11.6. The summed E-state index contributed by atoms with van der Waals surface area (Å²) in [6, 6.07) is -1.19. The number of amides is 1. The summed E-state index contributed by atoms with van der Waals surface area (Å²) in [6.45, 7) is 3.48. The van der Waals surface area contributed by atoms with E-state index in [0.29, 0.717) is 19.3 Å². The number of aliphatic hydroxyl groups is 7. The van der Waals surface area contributed by atoms with Gasteiger partial charge in [-0.1, -0.05) is 307 Å². The smallest absolute Gasteiger partial charge is 0.249 e. The lowest BCUT2D eigenvalue weighted by atomic mass is 9.98. The summed E-state index contributed by atoms with van der Waals surface area (Å²) in [4.78, 5) is 13.2. The standard InChI is InChI=1S/C72H137NO10/c1-3-5-7-9-11-13-15-17-19-21-23-24-25-26-27-28-29-30-31-32-33-34-35-36-37-38-39-40-41-42-44-46-48-50-52-54-56-58-60-65(76)71(81)73-63(62-82-72-70(80)69(79)68(78)66(61-74)83-72)67(77)64(75)59-57-55-53-51-49-47-45-43-22-20-18-16-14-12-10-8-6-4-2/h32-33,43,45,51,53,63-70,72,74-80H,3-31,34-42,44,46-50,52,54-62H2,1-2H3,(H,73,81)/b33-32-,45-43+,53-51+. The van der Waals surface area contributed by atoms with E-state index in [2.05, 4.69) is 55.6 Å². The Labute approximate surface area is 511 Å². The van der Waals surface area contributed by atoms with Crippen molar-refractivity contribution in [2.75, 3.05) is 13.2 Å². The number of carbonyl (C=O) groups is 1. The fraction of sp³-hybridized carbons (Fsp3) is 0.903. The van der Waals surface area contributed by atoms with Crippen LogP contribution in [0.1, 0.15) is 348 Å². The van der Waals surface area contributed by atoms with Crippen LogP contribution >= 0.6 is 0 Å². The van der Waals surface area contributed by atoms with Crippen LogP contribution in [0.5, 0.6) is 0 Å². The zero-order chi connectivity index (χ0) is 60.3. The Balaban J connectivity index is 2.13. The Morgan fingerprint density at radius 3 is 1.07 bits per heavy atom. The van der Waals surface area contributed by atoms with Crippen molar-refractivity contribution in [1.29, 1.82) is 0 Å². The normalized spacial score (nSPS) is 19.2. The van der Waals surface area contributed by atoms with E-state index in [1.54, 1.807) is 0 Å². The highest BCUT2D eigenvalue weighted by Crippen LogP contribution is 2.24. The first-order valence-corrected chi connectivity index (χ1v) is 35.9. The van der Waals surface area contributed by atoms with Crippen LogP contribution in [0.25, 0.3) is 0 Å². The summed E-state index contributed by atoms with van der Waals surface area (Å²) in [5.41, 5.74) is 0. The minimum atomic E-state index is -1.67. The monoisotopic (exact) mass is 1180 g/mol. The van der Waals surface area contributed by atoms with Crippen LogP contribution in [0.2, 0.25) is 0 Å². The zero-order valence-electron chi connectivity index (χ0n) is 54.2. The number of nitrogens with one attached hydrogen (secondary N) is 1. The van der Waals surface area contributed by atoms with Crippen LogP contribution in [0.15, 0.2) is 36.5 Å². The quantitative estimate of drug-likeness (QED) is 0.0215. The molecule has 1 aliphatic rings. The van der Waals surface area contributed by atoms with Gasteiger partial charge in [0, 0.05) is 0 Å². The van der Waals surface area contributed by atoms with Gasteiger partial charge in [0.05, 0.1) is 25.4 Å². The number of unbranched alkanes of at least 4 members (excludes halogenated alkanes) is 45. The van der Waals surface area contributed by atoms with Crippen molar-refractivity contribution in [2.45, 2.75) is 403 Å². The van der Waals surface area contributed by atoms with E-state index >= 15 is 0 Å². The molecule has 8 N–H and O–H groups in total. The Morgan fingerprint density at radius 2 is 0.723 bits per heavy atom. The summed E-state index contributed by atoms with van der Waals surface area (Å²) in [7, 11) is 0. The van der Waals surface area contributed by atoms with Gasteiger partial charge in [-0.2, -0.15) is 0 Å². The van der Waals surface area contributed by atoms with Crippen molar-refractivity contribution in [3.63, 3.8) is 0 Å². The predicted molar refractivity (Wildman–Crippen MR) is 349 cm³/mol. The molecule has 0 aliphatic carbocycles. The molecule has 9 unspecified atom stereocenters. The lowest BCUT2D eigenvalue weighted by molar-refractivity contribution is -0.303. The topological polar surface area (TPSA) is 189 Å². The van der Waals surface area contributed by atoms with Gasteiger partial charge < -0.3 is 50.5 Å². The minimum Gasteiger partial charge on any atom is -0.394 e. The van der Waals surface area contributed by atoms with E-state index in [9.17, 15) is 40.5 Å². The third-order valence-electron chi connectivity index (χ3n) is 17.4. The summed E-state index contributed by atoms with van der Waals surface area (Å²) in [5.74, 6) is -0.706. The van der Waals surface area contributed by atoms with Crippen LogP contribution in [0.4, 0.5) is 0 Å². The first-order valence-electron chi connectivity index (χ1n) is 35.9. The number of aliphatic hydroxyl groups excluding tert-OH is 7. The molecular weight excluding hydrogens is 1040 g/mol. The number of rotatable bonds is 63. The highest BCUT2D eigenvalue weighted by Gasteiger charge is 2.44. The average molecular weight is 1180 g/mol. The molecule has 11 nitrogen and oxygen atoms in total. The van der Waals surface area contributed by atoms with Gasteiger partial charge in [0.1, 0.15) is 36.6 Å². The lowest BCUT2D eigenvalue weighted by Crippen LogP contribution is -2.60. The van der Waals surface area contributed by atoms with Gasteiger partial charge in [-0.3, -0.25) is 4.79 Å². The van der Waals surface area contributed by atoms with Gasteiger partial charge in [0.25, 0.3) is 0 Å². The Kier molecular flexibility index (Phi) is 57.9. The molecule has 9 atom stereocenters. The Hall–Kier alpha value is -1.67. The summed E-state index contributed by atoms with van der Waals surface area (Å²) in [5, 5.41) is 76.4. The Bertz CT molecular complexity index is 1440. The number of allylic oxidation sites excluding steroid dienone is 6. The maximum absolute atomic E-state index is 13.2. The molecule has 0 aromatic rings. The third-order valence-corrected chi connectivity index (χ3v) is 17.4. The number of carbonyl (C=O) groups excluding carboxylic acids is 1. The van der Waals surface area contributed by atoms with Crippen LogP contribution < -0.4 is 5.32 Å². The molecule has 1 saturated heterocycles. The first kappa shape index (κ1) is 79.3. The minimum absolute atomic E-state index is 0.247. The van der Waals surface area contributed by atoms with E-state index in [0.717, 1.165) is 38.5 Å². The molecule has 0 bridgehead atoms. The second kappa shape index (κ2) is 60.6. The van der Waals surface area contributed by atoms with Crippen molar-refractivity contribution < 1.29 is 50.0 Å². The zero-order valence-corrected chi connectivity index (χ0v) is 54.2. The van der Waals surface area contributed by atoms with E-state index < -0.39 is 74.2 Å². The molecule has 1 amide bonds. The van der Waals surface area contributed by atoms with Gasteiger partial charge in [-0.25, -0.2) is 0 Å². The molecule has 0 radical (unpaired) electrons. The maximum Gasteiger partial charge on any atom is 0.249 e. The molecule has 11 heteroatoms. The third kappa shape index (κ3) is 48.0. The fourth-order valence-corrected chi connectivity index (χ4v) is 11.6. The molecule has 1 aliphatic heterocycles. The van der Waals surface area contributed by atoms with E-state index in [1.807, 2.05) is 0 Å². The van der Waals surface area contributed by atoms with E-state index in [4.69, 9.17) is 9.47 Å². The highest BCUT2D eigenvalue weighted by molar-refractivity contribution is 5.80. The van der Waals surface area contributed by atoms with Crippen LogP contribution in [-0.2, 0) is 14.3 Å². The van der Waals surface area contributed by atoms with Gasteiger partial charge in [-0.15, -0.1) is 0 Å². The van der Waals surface area contributed by atoms with Crippen LogP contribution in [-0.4, -0.2) is 110 Å². The van der Waals surface area contributed by atoms with Crippen LogP contribution in [0, 0.1) is 0 Å². The molecule has 1 fully saturated rings. The number of hydrogen-bond acceptors (Lipinski definition) is 10. The lowest BCUT2D eigenvalue weighted by Gasteiger charge is -2.40. The first-order chi connectivity index (χ1) is 40.7. The SMILES string of the molecule is CCCCCCCCCCC/C=C/CC/C=C/CCCC(O)C(O)C(COC1OC(CO)C(O)C(O)C1O)NC(=O)C(O)CCCCCCCCCCCCCCCCCC/C=C\CCCCCCCCCCCCCCCCCCCC. The molecule has 0 aromatic heterocycles. The molecule has 0 aromatic carbocycles. The highest BCUT2D eigenvalue weighted by atomic mass is 16.7. The van der Waals surface area contributed by atoms with Crippen molar-refractivity contribution in [3.05, 3.63) is 36.5 Å². The maximum atomic E-state index is 13.2. The molecule has 1 heterocycles. The van der Waals surface area contributed by atoms with Crippen molar-refractivity contribution in [2.24, 2.45) is 0 Å². The van der Waals surface area contributed by atoms with Gasteiger partial charge in [0.15, 0.2) is 6.29 Å². The van der Waals surface area contributed by atoms with Gasteiger partial charge in [0.2, 0.25) is 5.91 Å². The summed E-state index contributed by atoms with van der Waals surface area (Å²) >= 11 is 0. The number of ether oxygens (including phenoxy) is 2.